The molecule has 0 saturated carbocycles. The van der Waals surface area contributed by atoms with Gasteiger partial charge in [0, 0.05) is 43.0 Å². The molecule has 0 radical (unpaired) electrons. The number of rotatable bonds is 8. The predicted octanol–water partition coefficient (Wildman–Crippen LogP) is 4.52. The third kappa shape index (κ3) is 5.59. The highest BCUT2D eigenvalue weighted by Crippen LogP contribution is 2.37. The molecule has 4 amide bonds. The number of piperidine rings is 2. The van der Waals surface area contributed by atoms with E-state index >= 15 is 0 Å². The van der Waals surface area contributed by atoms with Gasteiger partial charge in [-0.05, 0) is 73.4 Å². The molecule has 41 heavy (non-hydrogen) atoms. The number of nitrogens with zero attached hydrogens (tertiary/aromatic N) is 1. The van der Waals surface area contributed by atoms with Crippen LogP contribution < -0.4 is 20.9 Å². The van der Waals surface area contributed by atoms with Crippen LogP contribution in [-0.4, -0.2) is 43.3 Å². The van der Waals surface area contributed by atoms with Gasteiger partial charge in [-0.15, -0.1) is 0 Å². The van der Waals surface area contributed by atoms with Crippen molar-refractivity contribution in [2.24, 2.45) is 0 Å². The molecule has 3 aromatic rings. The SMILES string of the molecule is O=C1CCC(c2c(NCCCc3cccc(N4CCC(c5ccccc5)CC4)c3)ccc3c2C(=O)NC3=O)C(=O)N1. The number of imide groups is 2. The van der Waals surface area contributed by atoms with Crippen molar-refractivity contribution in [2.75, 3.05) is 29.9 Å². The van der Waals surface area contributed by atoms with Gasteiger partial charge in [-0.1, -0.05) is 42.5 Å². The molecule has 210 valence electrons. The molecule has 3 aliphatic rings. The van der Waals surface area contributed by atoms with Gasteiger partial charge in [0.05, 0.1) is 17.0 Å². The highest BCUT2D eigenvalue weighted by Gasteiger charge is 2.38. The van der Waals surface area contributed by atoms with Crippen molar-refractivity contribution in [1.29, 1.82) is 0 Å². The van der Waals surface area contributed by atoms with Gasteiger partial charge in [-0.3, -0.25) is 29.8 Å². The first-order valence-corrected chi connectivity index (χ1v) is 14.5. The van der Waals surface area contributed by atoms with Crippen LogP contribution in [0.5, 0.6) is 0 Å². The van der Waals surface area contributed by atoms with E-state index < -0.39 is 23.6 Å². The maximum Gasteiger partial charge on any atom is 0.259 e. The minimum absolute atomic E-state index is 0.190. The van der Waals surface area contributed by atoms with Crippen molar-refractivity contribution >= 4 is 35.0 Å². The number of nitrogens with one attached hydrogen (secondary N) is 3. The van der Waals surface area contributed by atoms with Gasteiger partial charge in [-0.2, -0.15) is 0 Å². The fourth-order valence-corrected chi connectivity index (χ4v) is 6.39. The normalized spacial score (nSPS) is 19.1. The van der Waals surface area contributed by atoms with Gasteiger partial charge in [0.2, 0.25) is 11.8 Å². The summed E-state index contributed by atoms with van der Waals surface area (Å²) in [6.45, 7) is 2.71. The van der Waals surface area contributed by atoms with Gasteiger partial charge in [0.15, 0.2) is 0 Å². The van der Waals surface area contributed by atoms with E-state index in [2.05, 4.69) is 75.4 Å². The fourth-order valence-electron chi connectivity index (χ4n) is 6.39. The topological polar surface area (TPSA) is 108 Å². The molecule has 0 aliphatic carbocycles. The second-order valence-electron chi connectivity index (χ2n) is 11.1. The van der Waals surface area contributed by atoms with Crippen molar-refractivity contribution in [3.63, 3.8) is 0 Å². The zero-order chi connectivity index (χ0) is 28.3. The number of anilines is 2. The number of fused-ring (bicyclic) bond motifs is 1. The lowest BCUT2D eigenvalue weighted by Crippen LogP contribution is -2.40. The molecule has 2 fully saturated rings. The first kappa shape index (κ1) is 26.7. The van der Waals surface area contributed by atoms with Crippen LogP contribution in [0.1, 0.15) is 81.3 Å². The number of hydrogen-bond donors (Lipinski definition) is 3. The average Bonchev–Trinajstić information content (AvgIpc) is 3.29. The van der Waals surface area contributed by atoms with Crippen LogP contribution >= 0.6 is 0 Å². The zero-order valence-electron chi connectivity index (χ0n) is 22.9. The summed E-state index contributed by atoms with van der Waals surface area (Å²) in [6.07, 6.45) is 4.51. The molecule has 8 heteroatoms. The number of benzene rings is 3. The molecule has 3 aromatic carbocycles. The minimum atomic E-state index is -0.676. The Morgan fingerprint density at radius 1 is 0.829 bits per heavy atom. The van der Waals surface area contributed by atoms with E-state index in [-0.39, 0.29) is 23.5 Å². The van der Waals surface area contributed by atoms with E-state index in [0.29, 0.717) is 30.1 Å². The van der Waals surface area contributed by atoms with E-state index in [0.717, 1.165) is 38.8 Å². The lowest BCUT2D eigenvalue weighted by molar-refractivity contribution is -0.134. The highest BCUT2D eigenvalue weighted by atomic mass is 16.2. The second-order valence-corrected chi connectivity index (χ2v) is 11.1. The van der Waals surface area contributed by atoms with Gasteiger partial charge < -0.3 is 10.2 Å². The molecular formula is C33H34N4O4. The maximum atomic E-state index is 12.7. The van der Waals surface area contributed by atoms with Crippen molar-refractivity contribution in [1.82, 2.24) is 10.6 Å². The van der Waals surface area contributed by atoms with Crippen LogP contribution in [0.15, 0.2) is 66.7 Å². The Kier molecular flexibility index (Phi) is 7.55. The summed E-state index contributed by atoms with van der Waals surface area (Å²) in [5.74, 6) is -1.78. The van der Waals surface area contributed by atoms with Gasteiger partial charge >= 0.3 is 0 Å². The van der Waals surface area contributed by atoms with Crippen LogP contribution in [-0.2, 0) is 16.0 Å². The van der Waals surface area contributed by atoms with Crippen LogP contribution in [0.4, 0.5) is 11.4 Å². The summed E-state index contributed by atoms with van der Waals surface area (Å²) >= 11 is 0. The van der Waals surface area contributed by atoms with Gasteiger partial charge in [-0.25, -0.2) is 0 Å². The summed E-state index contributed by atoms with van der Waals surface area (Å²) in [6, 6.07) is 22.9. The highest BCUT2D eigenvalue weighted by molar-refractivity contribution is 6.23. The number of amides is 4. The van der Waals surface area contributed by atoms with Crippen molar-refractivity contribution in [2.45, 2.75) is 50.4 Å². The monoisotopic (exact) mass is 550 g/mol. The lowest BCUT2D eigenvalue weighted by Gasteiger charge is -2.34. The fraction of sp³-hybridized carbons (Fsp3) is 0.333. The third-order valence-corrected chi connectivity index (χ3v) is 8.53. The Morgan fingerprint density at radius 2 is 1.63 bits per heavy atom. The first-order chi connectivity index (χ1) is 20.0. The van der Waals surface area contributed by atoms with E-state index in [4.69, 9.17) is 0 Å². The minimum Gasteiger partial charge on any atom is -0.385 e. The average molecular weight is 551 g/mol. The molecular weight excluding hydrogens is 516 g/mol. The number of carbonyl (C=O) groups is 4. The number of hydrogen-bond acceptors (Lipinski definition) is 6. The molecule has 0 aromatic heterocycles. The summed E-state index contributed by atoms with van der Waals surface area (Å²) < 4.78 is 0. The maximum absolute atomic E-state index is 12.7. The Bertz CT molecular complexity index is 1490. The molecule has 1 atom stereocenters. The summed E-state index contributed by atoms with van der Waals surface area (Å²) in [5.41, 5.74) is 5.61. The molecule has 6 rings (SSSR count). The second kappa shape index (κ2) is 11.6. The smallest absolute Gasteiger partial charge is 0.259 e. The quantitative estimate of drug-likeness (QED) is 0.281. The molecule has 3 heterocycles. The molecule has 0 spiro atoms. The van der Waals surface area contributed by atoms with Crippen molar-refractivity contribution in [3.05, 3.63) is 94.5 Å². The molecule has 3 N–H and O–H groups in total. The standard InChI is InChI=1S/C33H34N4O4/c38-28-14-12-25(31(39)35-28)29-27(13-11-26-30(29)33(41)36-32(26)40)34-17-5-7-21-6-4-10-24(20-21)37-18-15-23(16-19-37)22-8-2-1-3-9-22/h1-4,6,8-11,13,20,23,25,34H,5,7,12,14-19H2,(H,35,38,39)(H,36,40,41). The predicted molar refractivity (Wildman–Crippen MR) is 157 cm³/mol. The number of aryl methyl sites for hydroxylation is 1. The molecule has 8 nitrogen and oxygen atoms in total. The van der Waals surface area contributed by atoms with Crippen LogP contribution in [0.3, 0.4) is 0 Å². The van der Waals surface area contributed by atoms with E-state index in [1.165, 1.54) is 16.8 Å². The van der Waals surface area contributed by atoms with E-state index in [1.807, 2.05) is 0 Å². The number of carbonyl (C=O) groups excluding carboxylic acids is 4. The van der Waals surface area contributed by atoms with Crippen LogP contribution in [0.25, 0.3) is 0 Å². The molecule has 0 bridgehead atoms. The zero-order valence-corrected chi connectivity index (χ0v) is 22.9. The Morgan fingerprint density at radius 3 is 2.41 bits per heavy atom. The van der Waals surface area contributed by atoms with Crippen LogP contribution in [0, 0.1) is 0 Å². The Balaban J connectivity index is 1.09. The van der Waals surface area contributed by atoms with Crippen LogP contribution in [0.2, 0.25) is 0 Å². The molecule has 1 unspecified atom stereocenters. The molecule has 3 aliphatic heterocycles. The van der Waals surface area contributed by atoms with Crippen molar-refractivity contribution < 1.29 is 19.2 Å². The third-order valence-electron chi connectivity index (χ3n) is 8.53. The summed E-state index contributed by atoms with van der Waals surface area (Å²) in [5, 5.41) is 8.12. The largest absolute Gasteiger partial charge is 0.385 e. The Hall–Kier alpha value is -4.46. The summed E-state index contributed by atoms with van der Waals surface area (Å²) in [7, 11) is 0. The molecule has 2 saturated heterocycles. The van der Waals surface area contributed by atoms with Gasteiger partial charge in [0.25, 0.3) is 11.8 Å². The van der Waals surface area contributed by atoms with Gasteiger partial charge in [0.1, 0.15) is 0 Å². The summed E-state index contributed by atoms with van der Waals surface area (Å²) in [4.78, 5) is 51.9. The van der Waals surface area contributed by atoms with E-state index in [9.17, 15) is 19.2 Å². The van der Waals surface area contributed by atoms with Crippen molar-refractivity contribution in [3.8, 4) is 0 Å². The Labute approximate surface area is 239 Å². The first-order valence-electron chi connectivity index (χ1n) is 14.5. The lowest BCUT2D eigenvalue weighted by atomic mass is 9.84. The van der Waals surface area contributed by atoms with E-state index in [1.54, 1.807) is 12.1 Å².